The lowest BCUT2D eigenvalue weighted by Crippen LogP contribution is -2.07. The van der Waals surface area contributed by atoms with Crippen molar-refractivity contribution in [1.82, 2.24) is 4.98 Å². The zero-order valence-electron chi connectivity index (χ0n) is 8.20. The Morgan fingerprint density at radius 2 is 2.36 bits per heavy atom. The monoisotopic (exact) mass is 258 g/mol. The highest BCUT2D eigenvalue weighted by molar-refractivity contribution is 9.10. The molecule has 0 spiro atoms. The van der Waals surface area contributed by atoms with E-state index in [0.717, 1.165) is 29.8 Å². The number of aliphatic hydroxyl groups is 1. The van der Waals surface area contributed by atoms with Gasteiger partial charge in [0.2, 0.25) is 0 Å². The Morgan fingerprint density at radius 1 is 1.57 bits per heavy atom. The first-order valence-electron chi connectivity index (χ1n) is 4.73. The fourth-order valence-corrected chi connectivity index (χ4v) is 1.46. The van der Waals surface area contributed by atoms with Crippen LogP contribution < -0.4 is 5.32 Å². The van der Waals surface area contributed by atoms with Crippen LogP contribution in [0.2, 0.25) is 0 Å². The van der Waals surface area contributed by atoms with Crippen LogP contribution in [0.4, 0.5) is 5.82 Å². The topological polar surface area (TPSA) is 45.1 Å². The highest BCUT2D eigenvalue weighted by Crippen LogP contribution is 2.10. The first kappa shape index (κ1) is 11.5. The van der Waals surface area contributed by atoms with E-state index in [4.69, 9.17) is 5.11 Å². The number of aromatic nitrogens is 1. The molecular formula is C10H15BrN2O. The molecule has 1 rings (SSSR count). The van der Waals surface area contributed by atoms with Gasteiger partial charge in [0, 0.05) is 6.54 Å². The molecular weight excluding hydrogens is 244 g/mol. The molecule has 1 aromatic heterocycles. The van der Waals surface area contributed by atoms with Crippen molar-refractivity contribution in [2.75, 3.05) is 11.9 Å². The maximum atomic E-state index is 9.04. The van der Waals surface area contributed by atoms with E-state index in [1.54, 1.807) is 6.92 Å². The van der Waals surface area contributed by atoms with Gasteiger partial charge in [-0.05, 0) is 47.8 Å². The van der Waals surface area contributed by atoms with Gasteiger partial charge in [0.25, 0.3) is 0 Å². The van der Waals surface area contributed by atoms with Crippen molar-refractivity contribution < 1.29 is 5.11 Å². The average Bonchev–Trinajstić information content (AvgIpc) is 2.12. The number of aliphatic hydroxyl groups excluding tert-OH is 1. The maximum Gasteiger partial charge on any atom is 0.127 e. The molecule has 1 atom stereocenters. The van der Waals surface area contributed by atoms with Crippen LogP contribution in [-0.4, -0.2) is 22.7 Å². The summed E-state index contributed by atoms with van der Waals surface area (Å²) in [4.78, 5) is 4.23. The third-order valence-electron chi connectivity index (χ3n) is 1.82. The van der Waals surface area contributed by atoms with E-state index in [1.807, 2.05) is 18.2 Å². The van der Waals surface area contributed by atoms with Crippen LogP contribution in [0.1, 0.15) is 19.8 Å². The fraction of sp³-hybridized carbons (Fsp3) is 0.500. The van der Waals surface area contributed by atoms with Gasteiger partial charge >= 0.3 is 0 Å². The van der Waals surface area contributed by atoms with Gasteiger partial charge in [0.15, 0.2) is 0 Å². The first-order valence-corrected chi connectivity index (χ1v) is 5.52. The predicted molar refractivity (Wildman–Crippen MR) is 61.3 cm³/mol. The number of halogens is 1. The molecule has 2 N–H and O–H groups in total. The van der Waals surface area contributed by atoms with E-state index in [-0.39, 0.29) is 6.10 Å². The van der Waals surface area contributed by atoms with Gasteiger partial charge in [0.1, 0.15) is 10.4 Å². The molecule has 0 aliphatic heterocycles. The molecule has 1 heterocycles. The van der Waals surface area contributed by atoms with E-state index in [0.29, 0.717) is 0 Å². The van der Waals surface area contributed by atoms with E-state index in [1.165, 1.54) is 0 Å². The second-order valence-corrected chi connectivity index (χ2v) is 4.08. The third-order valence-corrected chi connectivity index (χ3v) is 2.26. The molecule has 0 radical (unpaired) electrons. The number of anilines is 1. The van der Waals surface area contributed by atoms with E-state index in [2.05, 4.69) is 26.2 Å². The van der Waals surface area contributed by atoms with Gasteiger partial charge < -0.3 is 10.4 Å². The number of nitrogens with one attached hydrogen (secondary N) is 1. The Labute approximate surface area is 92.7 Å². The summed E-state index contributed by atoms with van der Waals surface area (Å²) in [6.07, 6.45) is 1.56. The van der Waals surface area contributed by atoms with Crippen molar-refractivity contribution >= 4 is 21.7 Å². The van der Waals surface area contributed by atoms with Crippen molar-refractivity contribution in [3.8, 4) is 0 Å². The van der Waals surface area contributed by atoms with E-state index >= 15 is 0 Å². The van der Waals surface area contributed by atoms with Crippen LogP contribution in [0.3, 0.4) is 0 Å². The highest BCUT2D eigenvalue weighted by atomic mass is 79.9. The molecule has 4 heteroatoms. The summed E-state index contributed by atoms with van der Waals surface area (Å²) in [6, 6.07) is 5.75. The predicted octanol–water partition coefficient (Wildman–Crippen LogP) is 2.42. The molecule has 1 unspecified atom stereocenters. The van der Waals surface area contributed by atoms with Gasteiger partial charge in [0.05, 0.1) is 6.10 Å². The van der Waals surface area contributed by atoms with E-state index in [9.17, 15) is 0 Å². The number of nitrogens with zero attached hydrogens (tertiary/aromatic N) is 1. The Balaban J connectivity index is 2.25. The summed E-state index contributed by atoms with van der Waals surface area (Å²) in [5.41, 5.74) is 0. The molecule has 0 aromatic carbocycles. The summed E-state index contributed by atoms with van der Waals surface area (Å²) in [5, 5.41) is 12.2. The maximum absolute atomic E-state index is 9.04. The van der Waals surface area contributed by atoms with Gasteiger partial charge in [-0.3, -0.25) is 0 Å². The SMILES string of the molecule is CC(O)CCCNc1cccc(Br)n1. The number of hydrogen-bond donors (Lipinski definition) is 2. The van der Waals surface area contributed by atoms with Crippen LogP contribution in [0.25, 0.3) is 0 Å². The smallest absolute Gasteiger partial charge is 0.127 e. The minimum Gasteiger partial charge on any atom is -0.393 e. The van der Waals surface area contributed by atoms with Gasteiger partial charge in [-0.25, -0.2) is 4.98 Å². The second kappa shape index (κ2) is 5.98. The number of pyridine rings is 1. The van der Waals surface area contributed by atoms with Crippen LogP contribution in [0.5, 0.6) is 0 Å². The Kier molecular flexibility index (Phi) is 4.90. The molecule has 0 amide bonds. The summed E-state index contributed by atoms with van der Waals surface area (Å²) in [6.45, 7) is 2.64. The normalized spacial score (nSPS) is 12.5. The molecule has 14 heavy (non-hydrogen) atoms. The van der Waals surface area contributed by atoms with E-state index < -0.39 is 0 Å². The number of hydrogen-bond acceptors (Lipinski definition) is 3. The molecule has 0 saturated carbocycles. The molecule has 0 bridgehead atoms. The minimum atomic E-state index is -0.215. The molecule has 0 aliphatic rings. The minimum absolute atomic E-state index is 0.215. The van der Waals surface area contributed by atoms with Crippen LogP contribution >= 0.6 is 15.9 Å². The van der Waals surface area contributed by atoms with Crippen LogP contribution in [0, 0.1) is 0 Å². The summed E-state index contributed by atoms with van der Waals surface area (Å²) < 4.78 is 0.832. The molecule has 3 nitrogen and oxygen atoms in total. The summed E-state index contributed by atoms with van der Waals surface area (Å²) in [5.74, 6) is 0.866. The zero-order chi connectivity index (χ0) is 10.4. The van der Waals surface area contributed by atoms with Crippen LogP contribution in [-0.2, 0) is 0 Å². The van der Waals surface area contributed by atoms with Crippen molar-refractivity contribution in [2.45, 2.75) is 25.9 Å². The third kappa shape index (κ3) is 4.58. The molecule has 78 valence electrons. The lowest BCUT2D eigenvalue weighted by Gasteiger charge is -2.06. The zero-order valence-corrected chi connectivity index (χ0v) is 9.79. The molecule has 0 saturated heterocycles. The lowest BCUT2D eigenvalue weighted by atomic mass is 10.2. The van der Waals surface area contributed by atoms with Crippen LogP contribution in [0.15, 0.2) is 22.8 Å². The fourth-order valence-electron chi connectivity index (χ4n) is 1.12. The van der Waals surface area contributed by atoms with Crippen molar-refractivity contribution in [1.29, 1.82) is 0 Å². The van der Waals surface area contributed by atoms with Gasteiger partial charge in [-0.1, -0.05) is 6.07 Å². The van der Waals surface area contributed by atoms with Crippen molar-refractivity contribution in [3.05, 3.63) is 22.8 Å². The Morgan fingerprint density at radius 3 is 3.00 bits per heavy atom. The van der Waals surface area contributed by atoms with Gasteiger partial charge in [-0.2, -0.15) is 0 Å². The van der Waals surface area contributed by atoms with Crippen molar-refractivity contribution in [3.63, 3.8) is 0 Å². The van der Waals surface area contributed by atoms with Gasteiger partial charge in [-0.15, -0.1) is 0 Å². The molecule has 0 aliphatic carbocycles. The Bertz CT molecular complexity index is 279. The first-order chi connectivity index (χ1) is 6.68. The largest absolute Gasteiger partial charge is 0.393 e. The highest BCUT2D eigenvalue weighted by Gasteiger charge is 1.96. The Hall–Kier alpha value is -0.610. The molecule has 1 aromatic rings. The summed E-state index contributed by atoms with van der Waals surface area (Å²) >= 11 is 3.30. The average molecular weight is 259 g/mol. The summed E-state index contributed by atoms with van der Waals surface area (Å²) in [7, 11) is 0. The quantitative estimate of drug-likeness (QED) is 0.630. The number of rotatable bonds is 5. The lowest BCUT2D eigenvalue weighted by molar-refractivity contribution is 0.183. The molecule has 0 fully saturated rings. The standard InChI is InChI=1S/C10H15BrN2O/c1-8(14)4-3-7-12-10-6-2-5-9(11)13-10/h2,5-6,8,14H,3-4,7H2,1H3,(H,12,13). The van der Waals surface area contributed by atoms with Crippen molar-refractivity contribution in [2.24, 2.45) is 0 Å². The second-order valence-electron chi connectivity index (χ2n) is 3.26.